The monoisotopic (exact) mass is 395 g/mol. The smallest absolute Gasteiger partial charge is 0.213 e. The van der Waals surface area contributed by atoms with Crippen LogP contribution in [0.1, 0.15) is 0 Å². The third-order valence-electron chi connectivity index (χ3n) is 3.24. The molecule has 0 saturated carbocycles. The molecule has 0 fully saturated rings. The van der Waals surface area contributed by atoms with E-state index in [2.05, 4.69) is 26.0 Å². The van der Waals surface area contributed by atoms with Gasteiger partial charge in [-0.15, -0.1) is 5.10 Å². The average molecular weight is 396 g/mol. The third kappa shape index (κ3) is 2.22. The number of aromatic nitrogens is 3. The van der Waals surface area contributed by atoms with Gasteiger partial charge in [0.2, 0.25) is 4.96 Å². The largest absolute Gasteiger partial charge is 0.495 e. The topological polar surface area (TPSA) is 52.6 Å². The number of nitrogens with zero attached hydrogens (tertiary/aromatic N) is 3. The molecule has 3 heterocycles. The number of imidazole rings is 1. The standard InChI is InChI=1S/C14H10BrN3O2S2/c1-19-11-5-10-7(3-8(11)15)4-12(20-10)9-6-18-13(16-9)22-14(17-18)21-2/h3-6H,1-2H3. The predicted octanol–water partition coefficient (Wildman–Crippen LogP) is 4.70. The molecule has 0 saturated heterocycles. The first-order valence-electron chi connectivity index (χ1n) is 6.35. The normalized spacial score (nSPS) is 11.6. The summed E-state index contributed by atoms with van der Waals surface area (Å²) in [6.45, 7) is 0. The van der Waals surface area contributed by atoms with Crippen molar-refractivity contribution in [2.24, 2.45) is 0 Å². The van der Waals surface area contributed by atoms with Gasteiger partial charge in [-0.05, 0) is 34.3 Å². The van der Waals surface area contributed by atoms with E-state index in [9.17, 15) is 0 Å². The Labute approximate surface area is 142 Å². The van der Waals surface area contributed by atoms with Crippen LogP contribution in [-0.2, 0) is 0 Å². The molecule has 8 heteroatoms. The molecule has 0 radical (unpaired) electrons. The maximum atomic E-state index is 5.90. The fourth-order valence-corrected chi connectivity index (χ4v) is 4.07. The first-order valence-corrected chi connectivity index (χ1v) is 9.19. The molecule has 0 N–H and O–H groups in total. The van der Waals surface area contributed by atoms with Crippen molar-refractivity contribution in [1.29, 1.82) is 0 Å². The van der Waals surface area contributed by atoms with Gasteiger partial charge in [-0.3, -0.25) is 0 Å². The summed E-state index contributed by atoms with van der Waals surface area (Å²) < 4.78 is 14.9. The number of halogens is 1. The summed E-state index contributed by atoms with van der Waals surface area (Å²) >= 11 is 6.66. The zero-order chi connectivity index (χ0) is 15.3. The number of hydrogen-bond acceptors (Lipinski definition) is 6. The Morgan fingerprint density at radius 3 is 2.95 bits per heavy atom. The predicted molar refractivity (Wildman–Crippen MR) is 92.1 cm³/mol. The lowest BCUT2D eigenvalue weighted by atomic mass is 10.2. The van der Waals surface area contributed by atoms with Gasteiger partial charge >= 0.3 is 0 Å². The van der Waals surface area contributed by atoms with Crippen LogP contribution in [0.2, 0.25) is 0 Å². The van der Waals surface area contributed by atoms with Crippen molar-refractivity contribution >= 4 is 55.0 Å². The lowest BCUT2D eigenvalue weighted by molar-refractivity contribution is 0.412. The van der Waals surface area contributed by atoms with Gasteiger partial charge in [-0.1, -0.05) is 23.1 Å². The highest BCUT2D eigenvalue weighted by Gasteiger charge is 2.14. The SMILES string of the molecule is COc1cc2oc(-c3cn4nc(SC)sc4n3)cc2cc1Br. The van der Waals surface area contributed by atoms with E-state index >= 15 is 0 Å². The molecule has 1 aromatic carbocycles. The molecule has 0 aliphatic carbocycles. The number of benzene rings is 1. The second kappa shape index (κ2) is 5.29. The maximum absolute atomic E-state index is 5.90. The molecule has 112 valence electrons. The summed E-state index contributed by atoms with van der Waals surface area (Å²) in [4.78, 5) is 5.44. The first-order chi connectivity index (χ1) is 10.7. The lowest BCUT2D eigenvalue weighted by Gasteiger charge is -2.01. The Morgan fingerprint density at radius 1 is 1.36 bits per heavy atom. The molecule has 0 bridgehead atoms. The van der Waals surface area contributed by atoms with E-state index in [1.165, 1.54) is 0 Å². The van der Waals surface area contributed by atoms with Crippen LogP contribution in [0, 0.1) is 0 Å². The molecule has 0 amide bonds. The van der Waals surface area contributed by atoms with Gasteiger partial charge in [0.25, 0.3) is 0 Å². The molecule has 3 aromatic heterocycles. The van der Waals surface area contributed by atoms with E-state index in [4.69, 9.17) is 9.15 Å². The second-order valence-electron chi connectivity index (χ2n) is 4.56. The minimum Gasteiger partial charge on any atom is -0.495 e. The Kier molecular flexibility index (Phi) is 3.39. The summed E-state index contributed by atoms with van der Waals surface area (Å²) in [5, 5.41) is 5.44. The van der Waals surface area contributed by atoms with Gasteiger partial charge in [0.1, 0.15) is 17.0 Å². The number of furan rings is 1. The van der Waals surface area contributed by atoms with Crippen LogP contribution in [0.15, 0.2) is 37.6 Å². The summed E-state index contributed by atoms with van der Waals surface area (Å²) in [6.07, 6.45) is 3.89. The second-order valence-corrected chi connectivity index (χ2v) is 7.42. The molecule has 22 heavy (non-hydrogen) atoms. The Hall–Kier alpha value is -1.51. The molecule has 4 rings (SSSR count). The van der Waals surface area contributed by atoms with Gasteiger partial charge in [-0.25, -0.2) is 9.50 Å². The van der Waals surface area contributed by atoms with Gasteiger partial charge in [0.15, 0.2) is 10.1 Å². The van der Waals surface area contributed by atoms with Crippen molar-refractivity contribution in [2.75, 3.05) is 13.4 Å². The Morgan fingerprint density at radius 2 is 2.23 bits per heavy atom. The van der Waals surface area contributed by atoms with Crippen molar-refractivity contribution in [1.82, 2.24) is 14.6 Å². The first kappa shape index (κ1) is 14.1. The number of hydrogen-bond donors (Lipinski definition) is 0. The Bertz CT molecular complexity index is 957. The number of thioether (sulfide) groups is 1. The van der Waals surface area contributed by atoms with Gasteiger partial charge in [0, 0.05) is 11.5 Å². The van der Waals surface area contributed by atoms with Crippen molar-refractivity contribution in [2.45, 2.75) is 4.34 Å². The van der Waals surface area contributed by atoms with E-state index in [1.54, 1.807) is 34.7 Å². The van der Waals surface area contributed by atoms with E-state index in [1.807, 2.05) is 30.7 Å². The Balaban J connectivity index is 1.82. The van der Waals surface area contributed by atoms with Crippen LogP contribution in [0.5, 0.6) is 5.75 Å². The number of rotatable bonds is 3. The molecule has 0 aliphatic rings. The molecule has 0 unspecified atom stereocenters. The maximum Gasteiger partial charge on any atom is 0.213 e. The molecule has 0 aliphatic heterocycles. The fourth-order valence-electron chi connectivity index (χ4n) is 2.21. The van der Waals surface area contributed by atoms with Crippen LogP contribution < -0.4 is 4.74 Å². The molecular weight excluding hydrogens is 386 g/mol. The highest BCUT2D eigenvalue weighted by atomic mass is 79.9. The molecular formula is C14H10BrN3O2S2. The fraction of sp³-hybridized carbons (Fsp3) is 0.143. The van der Waals surface area contributed by atoms with E-state index in [0.29, 0.717) is 0 Å². The molecule has 5 nitrogen and oxygen atoms in total. The minimum absolute atomic E-state index is 0.721. The summed E-state index contributed by atoms with van der Waals surface area (Å²) in [6, 6.07) is 5.82. The van der Waals surface area contributed by atoms with Crippen LogP contribution in [0.4, 0.5) is 0 Å². The summed E-state index contributed by atoms with van der Waals surface area (Å²) in [5.41, 5.74) is 1.54. The van der Waals surface area contributed by atoms with Crippen molar-refractivity contribution in [3.8, 4) is 17.2 Å². The van der Waals surface area contributed by atoms with Crippen LogP contribution in [-0.4, -0.2) is 28.0 Å². The minimum atomic E-state index is 0.721. The zero-order valence-corrected chi connectivity index (χ0v) is 14.9. The lowest BCUT2D eigenvalue weighted by Crippen LogP contribution is -1.82. The summed E-state index contributed by atoms with van der Waals surface area (Å²) in [5.74, 6) is 1.46. The summed E-state index contributed by atoms with van der Waals surface area (Å²) in [7, 11) is 1.63. The highest BCUT2D eigenvalue weighted by Crippen LogP contribution is 2.35. The molecule has 4 aromatic rings. The van der Waals surface area contributed by atoms with E-state index in [-0.39, 0.29) is 0 Å². The quantitative estimate of drug-likeness (QED) is 0.470. The number of methoxy groups -OCH3 is 1. The van der Waals surface area contributed by atoms with Crippen LogP contribution in [0.25, 0.3) is 27.4 Å². The average Bonchev–Trinajstić information content (AvgIpc) is 3.17. The number of fused-ring (bicyclic) bond motifs is 2. The van der Waals surface area contributed by atoms with Gasteiger partial charge < -0.3 is 9.15 Å². The van der Waals surface area contributed by atoms with Gasteiger partial charge in [0.05, 0.1) is 17.8 Å². The van der Waals surface area contributed by atoms with Crippen molar-refractivity contribution < 1.29 is 9.15 Å². The van der Waals surface area contributed by atoms with Crippen LogP contribution in [0.3, 0.4) is 0 Å². The zero-order valence-electron chi connectivity index (χ0n) is 11.7. The number of ether oxygens (including phenoxy) is 1. The van der Waals surface area contributed by atoms with E-state index in [0.717, 1.165) is 41.9 Å². The molecule has 0 spiro atoms. The van der Waals surface area contributed by atoms with Crippen molar-refractivity contribution in [3.05, 3.63) is 28.9 Å². The molecule has 0 atom stereocenters. The van der Waals surface area contributed by atoms with Gasteiger partial charge in [-0.2, -0.15) is 0 Å². The third-order valence-corrected chi connectivity index (χ3v) is 5.76. The highest BCUT2D eigenvalue weighted by molar-refractivity contribution is 9.10. The van der Waals surface area contributed by atoms with Crippen molar-refractivity contribution in [3.63, 3.8) is 0 Å². The van der Waals surface area contributed by atoms with E-state index < -0.39 is 0 Å². The van der Waals surface area contributed by atoms with Crippen LogP contribution >= 0.6 is 39.0 Å².